The molecule has 0 aliphatic rings. The van der Waals surface area contributed by atoms with Crippen LogP contribution in [0.4, 0.5) is 0 Å². The van der Waals surface area contributed by atoms with Crippen LogP contribution < -0.4 is 10.9 Å². The van der Waals surface area contributed by atoms with Crippen molar-refractivity contribution >= 4 is 16.7 Å². The van der Waals surface area contributed by atoms with Crippen molar-refractivity contribution < 1.29 is 9.90 Å². The van der Waals surface area contributed by atoms with Crippen molar-refractivity contribution in [2.75, 3.05) is 13.2 Å². The van der Waals surface area contributed by atoms with E-state index >= 15 is 0 Å². The Kier molecular flexibility index (Phi) is 3.91. The normalized spacial score (nSPS) is 10.6. The molecule has 2 N–H and O–H groups in total. The predicted molar refractivity (Wildman–Crippen MR) is 70.8 cm³/mol. The lowest BCUT2D eigenvalue weighted by Crippen LogP contribution is -2.35. The highest BCUT2D eigenvalue weighted by Crippen LogP contribution is 2.11. The quantitative estimate of drug-likeness (QED) is 0.799. The standard InChI is InChI=1S/C13H15N3O3/c1-9-10-4-2-3-5-11(10)13(19)16(15-9)8-12(18)14-6-7-17/h2-5,17H,6-8H2,1H3,(H,14,18). The summed E-state index contributed by atoms with van der Waals surface area (Å²) in [7, 11) is 0. The van der Waals surface area contributed by atoms with Gasteiger partial charge < -0.3 is 10.4 Å². The van der Waals surface area contributed by atoms with Crippen LogP contribution >= 0.6 is 0 Å². The van der Waals surface area contributed by atoms with Crippen LogP contribution in [0.3, 0.4) is 0 Å². The van der Waals surface area contributed by atoms with E-state index in [0.717, 1.165) is 10.1 Å². The predicted octanol–water partition coefficient (Wildman–Crippen LogP) is -0.187. The van der Waals surface area contributed by atoms with Crippen LogP contribution in [0, 0.1) is 6.92 Å². The fraction of sp³-hybridized carbons (Fsp3) is 0.308. The van der Waals surface area contributed by atoms with E-state index in [1.165, 1.54) is 0 Å². The summed E-state index contributed by atoms with van der Waals surface area (Å²) in [4.78, 5) is 23.7. The van der Waals surface area contributed by atoms with Gasteiger partial charge >= 0.3 is 0 Å². The van der Waals surface area contributed by atoms with E-state index in [0.29, 0.717) is 11.1 Å². The van der Waals surface area contributed by atoms with E-state index in [9.17, 15) is 9.59 Å². The minimum atomic E-state index is -0.349. The lowest BCUT2D eigenvalue weighted by molar-refractivity contribution is -0.122. The Morgan fingerprint density at radius 1 is 1.37 bits per heavy atom. The first-order valence-electron chi connectivity index (χ1n) is 5.97. The third-order valence-electron chi connectivity index (χ3n) is 2.78. The first-order valence-corrected chi connectivity index (χ1v) is 5.97. The van der Waals surface area contributed by atoms with E-state index in [4.69, 9.17) is 5.11 Å². The van der Waals surface area contributed by atoms with Crippen LogP contribution in [0.5, 0.6) is 0 Å². The number of aliphatic hydroxyl groups is 1. The molecule has 6 heteroatoms. The summed E-state index contributed by atoms with van der Waals surface area (Å²) >= 11 is 0. The molecule has 1 aromatic heterocycles. The van der Waals surface area contributed by atoms with Gasteiger partial charge in [0.1, 0.15) is 6.54 Å². The summed E-state index contributed by atoms with van der Waals surface area (Å²) in [6.07, 6.45) is 0. The van der Waals surface area contributed by atoms with Crippen molar-refractivity contribution in [1.29, 1.82) is 0 Å². The lowest BCUT2D eigenvalue weighted by atomic mass is 10.1. The van der Waals surface area contributed by atoms with E-state index in [-0.39, 0.29) is 31.2 Å². The van der Waals surface area contributed by atoms with Gasteiger partial charge in [0, 0.05) is 11.9 Å². The van der Waals surface area contributed by atoms with E-state index in [1.54, 1.807) is 19.1 Å². The second kappa shape index (κ2) is 5.62. The minimum absolute atomic E-state index is 0.134. The van der Waals surface area contributed by atoms with Gasteiger partial charge in [0.15, 0.2) is 0 Å². The molecule has 1 amide bonds. The maximum Gasteiger partial charge on any atom is 0.275 e. The molecular weight excluding hydrogens is 246 g/mol. The number of amides is 1. The molecule has 0 saturated carbocycles. The van der Waals surface area contributed by atoms with Gasteiger partial charge in [-0.15, -0.1) is 0 Å². The van der Waals surface area contributed by atoms with Crippen LogP contribution in [0.15, 0.2) is 29.1 Å². The number of aromatic nitrogens is 2. The molecular formula is C13H15N3O3. The number of fused-ring (bicyclic) bond motifs is 1. The molecule has 0 saturated heterocycles. The summed E-state index contributed by atoms with van der Waals surface area (Å²) < 4.78 is 1.14. The highest BCUT2D eigenvalue weighted by Gasteiger charge is 2.10. The fourth-order valence-corrected chi connectivity index (χ4v) is 1.90. The van der Waals surface area contributed by atoms with E-state index < -0.39 is 0 Å². The Hall–Kier alpha value is -2.21. The number of aryl methyl sites for hydroxylation is 1. The zero-order valence-corrected chi connectivity index (χ0v) is 10.6. The Bertz CT molecular complexity index is 664. The molecule has 100 valence electrons. The molecule has 2 rings (SSSR count). The molecule has 1 heterocycles. The molecule has 0 fully saturated rings. The summed E-state index contributed by atoms with van der Waals surface area (Å²) in [5.41, 5.74) is 0.408. The zero-order valence-electron chi connectivity index (χ0n) is 10.6. The number of hydrogen-bond donors (Lipinski definition) is 2. The molecule has 0 atom stereocenters. The summed E-state index contributed by atoms with van der Waals surface area (Å²) in [6.45, 7) is 1.68. The van der Waals surface area contributed by atoms with Gasteiger partial charge in [-0.05, 0) is 13.0 Å². The number of aliphatic hydroxyl groups excluding tert-OH is 1. The number of nitrogens with zero attached hydrogens (tertiary/aromatic N) is 2. The van der Waals surface area contributed by atoms with E-state index in [1.807, 2.05) is 12.1 Å². The smallest absolute Gasteiger partial charge is 0.275 e. The fourth-order valence-electron chi connectivity index (χ4n) is 1.90. The first-order chi connectivity index (χ1) is 9.13. The van der Waals surface area contributed by atoms with Crippen LogP contribution in [-0.2, 0) is 11.3 Å². The number of carbonyl (C=O) groups is 1. The SMILES string of the molecule is Cc1nn(CC(=O)NCCO)c(=O)c2ccccc12. The number of rotatable bonds is 4. The molecule has 0 radical (unpaired) electrons. The molecule has 0 bridgehead atoms. The van der Waals surface area contributed by atoms with Crippen LogP contribution in [0.2, 0.25) is 0 Å². The molecule has 0 aliphatic heterocycles. The van der Waals surface area contributed by atoms with Gasteiger partial charge in [-0.3, -0.25) is 9.59 Å². The second-order valence-electron chi connectivity index (χ2n) is 4.17. The average Bonchev–Trinajstić information content (AvgIpc) is 2.42. The number of carbonyl (C=O) groups excluding carboxylic acids is 1. The van der Waals surface area contributed by atoms with Gasteiger partial charge in [-0.25, -0.2) is 4.68 Å². The van der Waals surface area contributed by atoms with Crippen molar-refractivity contribution in [2.45, 2.75) is 13.5 Å². The molecule has 2 aromatic rings. The summed E-state index contributed by atoms with van der Waals surface area (Å²) in [5, 5.41) is 16.6. The van der Waals surface area contributed by atoms with Crippen molar-refractivity contribution in [1.82, 2.24) is 15.1 Å². The molecule has 0 aliphatic carbocycles. The van der Waals surface area contributed by atoms with Gasteiger partial charge in [-0.1, -0.05) is 18.2 Å². The average molecular weight is 261 g/mol. The monoisotopic (exact) mass is 261 g/mol. The molecule has 1 aromatic carbocycles. The zero-order chi connectivity index (χ0) is 13.8. The second-order valence-corrected chi connectivity index (χ2v) is 4.17. The van der Waals surface area contributed by atoms with E-state index in [2.05, 4.69) is 10.4 Å². The van der Waals surface area contributed by atoms with Crippen LogP contribution in [0.25, 0.3) is 10.8 Å². The van der Waals surface area contributed by atoms with Crippen molar-refractivity contribution in [3.63, 3.8) is 0 Å². The molecule has 0 spiro atoms. The van der Waals surface area contributed by atoms with Crippen molar-refractivity contribution in [2.24, 2.45) is 0 Å². The van der Waals surface area contributed by atoms with Gasteiger partial charge in [-0.2, -0.15) is 5.10 Å². The topological polar surface area (TPSA) is 84.2 Å². The molecule has 19 heavy (non-hydrogen) atoms. The van der Waals surface area contributed by atoms with Gasteiger partial charge in [0.25, 0.3) is 5.56 Å². The third-order valence-corrected chi connectivity index (χ3v) is 2.78. The van der Waals surface area contributed by atoms with Gasteiger partial charge in [0.2, 0.25) is 5.91 Å². The number of benzene rings is 1. The number of nitrogens with one attached hydrogen (secondary N) is 1. The molecule has 6 nitrogen and oxygen atoms in total. The third kappa shape index (κ3) is 2.79. The summed E-state index contributed by atoms with van der Waals surface area (Å²) in [6, 6.07) is 7.16. The Morgan fingerprint density at radius 2 is 2.05 bits per heavy atom. The Labute approximate surface area is 109 Å². The Balaban J connectivity index is 2.37. The minimum Gasteiger partial charge on any atom is -0.395 e. The lowest BCUT2D eigenvalue weighted by Gasteiger charge is -2.08. The van der Waals surface area contributed by atoms with Crippen molar-refractivity contribution in [3.8, 4) is 0 Å². The highest BCUT2D eigenvalue weighted by molar-refractivity contribution is 5.83. The summed E-state index contributed by atoms with van der Waals surface area (Å²) in [5.74, 6) is -0.349. The van der Waals surface area contributed by atoms with Gasteiger partial charge in [0.05, 0.1) is 17.7 Å². The first kappa shape index (κ1) is 13.2. The van der Waals surface area contributed by atoms with Crippen molar-refractivity contribution in [3.05, 3.63) is 40.3 Å². The highest BCUT2D eigenvalue weighted by atomic mass is 16.3. The maximum absolute atomic E-state index is 12.2. The number of hydrogen-bond acceptors (Lipinski definition) is 4. The largest absolute Gasteiger partial charge is 0.395 e. The maximum atomic E-state index is 12.2. The van der Waals surface area contributed by atoms with Crippen LogP contribution in [0.1, 0.15) is 5.69 Å². The van der Waals surface area contributed by atoms with Crippen LogP contribution in [-0.4, -0.2) is 33.9 Å². The molecule has 0 unspecified atom stereocenters. The Morgan fingerprint density at radius 3 is 2.74 bits per heavy atom.